The third-order valence-corrected chi connectivity index (χ3v) is 1.84. The molecule has 5 heteroatoms. The van der Waals surface area contributed by atoms with Crippen LogP contribution in [0.3, 0.4) is 0 Å². The molecule has 1 atom stereocenters. The van der Waals surface area contributed by atoms with Gasteiger partial charge < -0.3 is 15.7 Å². The van der Waals surface area contributed by atoms with Gasteiger partial charge in [0.15, 0.2) is 0 Å². The van der Waals surface area contributed by atoms with Crippen molar-refractivity contribution < 1.29 is 14.7 Å². The molecule has 0 fully saturated rings. The molecule has 1 heterocycles. The zero-order valence-electron chi connectivity index (χ0n) is 7.14. The maximum atomic E-state index is 11.4. The standard InChI is InChI=1S/C8H12N2O3/c9-6-3-1-2-4-10(8(6)13)5-7(11)12/h2,4,6H,1,3,5,9H2,(H,11,12)/t6-/m1/s1. The predicted octanol–water partition coefficient (Wildman–Crippen LogP) is -0.466. The van der Waals surface area contributed by atoms with E-state index in [1.54, 1.807) is 6.08 Å². The SMILES string of the molecule is N[C@@H]1CCC=CN(CC(=O)O)C1=O. The molecule has 72 valence electrons. The molecule has 0 saturated carbocycles. The number of carboxylic acid groups (broad SMARTS) is 1. The summed E-state index contributed by atoms with van der Waals surface area (Å²) in [5.41, 5.74) is 5.52. The molecule has 0 unspecified atom stereocenters. The van der Waals surface area contributed by atoms with Crippen LogP contribution in [0.15, 0.2) is 12.3 Å². The number of carbonyl (C=O) groups excluding carboxylic acids is 1. The van der Waals surface area contributed by atoms with Gasteiger partial charge >= 0.3 is 5.97 Å². The number of aliphatic carboxylic acids is 1. The van der Waals surface area contributed by atoms with Crippen LogP contribution in [0.1, 0.15) is 12.8 Å². The van der Waals surface area contributed by atoms with Crippen molar-refractivity contribution in [1.29, 1.82) is 0 Å². The number of amides is 1. The molecule has 0 aromatic rings. The van der Waals surface area contributed by atoms with Crippen molar-refractivity contribution in [3.63, 3.8) is 0 Å². The highest BCUT2D eigenvalue weighted by atomic mass is 16.4. The Labute approximate surface area is 75.8 Å². The first-order valence-electron chi connectivity index (χ1n) is 4.06. The summed E-state index contributed by atoms with van der Waals surface area (Å²) in [5.74, 6) is -1.36. The number of carboxylic acids is 1. The average molecular weight is 184 g/mol. The third-order valence-electron chi connectivity index (χ3n) is 1.84. The zero-order valence-corrected chi connectivity index (χ0v) is 7.14. The maximum absolute atomic E-state index is 11.4. The largest absolute Gasteiger partial charge is 0.480 e. The second-order valence-electron chi connectivity index (χ2n) is 2.93. The van der Waals surface area contributed by atoms with E-state index < -0.39 is 12.0 Å². The van der Waals surface area contributed by atoms with Gasteiger partial charge in [-0.25, -0.2) is 0 Å². The Kier molecular flexibility index (Phi) is 3.02. The number of hydrogen-bond acceptors (Lipinski definition) is 3. The van der Waals surface area contributed by atoms with E-state index in [0.717, 1.165) is 4.90 Å². The molecule has 13 heavy (non-hydrogen) atoms. The van der Waals surface area contributed by atoms with Crippen molar-refractivity contribution in [3.8, 4) is 0 Å². The summed E-state index contributed by atoms with van der Waals surface area (Å²) in [6, 6.07) is -0.575. The molecule has 0 spiro atoms. The van der Waals surface area contributed by atoms with E-state index in [4.69, 9.17) is 10.8 Å². The summed E-state index contributed by atoms with van der Waals surface area (Å²) in [6.07, 6.45) is 4.53. The van der Waals surface area contributed by atoms with Crippen molar-refractivity contribution in [2.75, 3.05) is 6.54 Å². The van der Waals surface area contributed by atoms with Crippen LogP contribution in [-0.2, 0) is 9.59 Å². The summed E-state index contributed by atoms with van der Waals surface area (Å²) < 4.78 is 0. The molecule has 0 radical (unpaired) electrons. The fourth-order valence-corrected chi connectivity index (χ4v) is 1.16. The van der Waals surface area contributed by atoms with Gasteiger partial charge in [0.2, 0.25) is 5.91 Å². The highest BCUT2D eigenvalue weighted by Gasteiger charge is 2.22. The molecule has 0 aromatic heterocycles. The van der Waals surface area contributed by atoms with Gasteiger partial charge in [-0.1, -0.05) is 6.08 Å². The second-order valence-corrected chi connectivity index (χ2v) is 2.93. The van der Waals surface area contributed by atoms with Crippen molar-refractivity contribution >= 4 is 11.9 Å². The lowest BCUT2D eigenvalue weighted by Crippen LogP contribution is -2.42. The number of carbonyl (C=O) groups is 2. The smallest absolute Gasteiger partial charge is 0.323 e. The molecule has 0 aromatic carbocycles. The Hall–Kier alpha value is -1.36. The summed E-state index contributed by atoms with van der Waals surface area (Å²) in [6.45, 7) is -0.316. The normalized spacial score (nSPS) is 23.0. The number of rotatable bonds is 2. The highest BCUT2D eigenvalue weighted by molar-refractivity contribution is 5.86. The topological polar surface area (TPSA) is 83.6 Å². The van der Waals surface area contributed by atoms with Gasteiger partial charge in [-0.2, -0.15) is 0 Å². The van der Waals surface area contributed by atoms with Crippen molar-refractivity contribution in [2.45, 2.75) is 18.9 Å². The van der Waals surface area contributed by atoms with Gasteiger partial charge in [0.1, 0.15) is 6.54 Å². The summed E-state index contributed by atoms with van der Waals surface area (Å²) in [5, 5.41) is 8.49. The number of nitrogens with zero attached hydrogens (tertiary/aromatic N) is 1. The molecule has 0 bridgehead atoms. The Morgan fingerprint density at radius 1 is 1.77 bits per heavy atom. The van der Waals surface area contributed by atoms with E-state index in [0.29, 0.717) is 12.8 Å². The molecule has 0 saturated heterocycles. The lowest BCUT2D eigenvalue weighted by Gasteiger charge is -2.17. The molecular weight excluding hydrogens is 172 g/mol. The molecule has 1 aliphatic heterocycles. The van der Waals surface area contributed by atoms with Gasteiger partial charge in [-0.05, 0) is 12.8 Å². The van der Waals surface area contributed by atoms with E-state index in [9.17, 15) is 9.59 Å². The number of nitrogens with two attached hydrogens (primary N) is 1. The van der Waals surface area contributed by atoms with Gasteiger partial charge in [0.25, 0.3) is 0 Å². The Bertz CT molecular complexity index is 250. The molecule has 1 amide bonds. The summed E-state index contributed by atoms with van der Waals surface area (Å²) in [4.78, 5) is 22.9. The Balaban J connectivity index is 2.68. The first-order chi connectivity index (χ1) is 6.11. The van der Waals surface area contributed by atoms with E-state index in [1.165, 1.54) is 6.20 Å². The maximum Gasteiger partial charge on any atom is 0.323 e. The second kappa shape index (κ2) is 4.04. The molecular formula is C8H12N2O3. The van der Waals surface area contributed by atoms with Gasteiger partial charge in [-0.3, -0.25) is 9.59 Å². The lowest BCUT2D eigenvalue weighted by molar-refractivity contribution is -0.142. The van der Waals surface area contributed by atoms with Crippen LogP contribution < -0.4 is 5.73 Å². The minimum atomic E-state index is -1.04. The Morgan fingerprint density at radius 3 is 3.08 bits per heavy atom. The first kappa shape index (κ1) is 9.73. The molecule has 1 aliphatic rings. The first-order valence-corrected chi connectivity index (χ1v) is 4.06. The molecule has 3 N–H and O–H groups in total. The van der Waals surface area contributed by atoms with Crippen LogP contribution in [0.5, 0.6) is 0 Å². The zero-order chi connectivity index (χ0) is 9.84. The third kappa shape index (κ3) is 2.55. The fraction of sp³-hybridized carbons (Fsp3) is 0.500. The lowest BCUT2D eigenvalue weighted by atomic mass is 10.2. The minimum absolute atomic E-state index is 0.316. The molecule has 0 aliphatic carbocycles. The van der Waals surface area contributed by atoms with Crippen LogP contribution in [0.2, 0.25) is 0 Å². The van der Waals surface area contributed by atoms with Gasteiger partial charge in [-0.15, -0.1) is 0 Å². The average Bonchev–Trinajstić information content (AvgIpc) is 2.19. The summed E-state index contributed by atoms with van der Waals surface area (Å²) in [7, 11) is 0. The van der Waals surface area contributed by atoms with Gasteiger partial charge in [0.05, 0.1) is 6.04 Å². The monoisotopic (exact) mass is 184 g/mol. The van der Waals surface area contributed by atoms with E-state index in [-0.39, 0.29) is 12.5 Å². The van der Waals surface area contributed by atoms with Crippen LogP contribution in [0, 0.1) is 0 Å². The van der Waals surface area contributed by atoms with Crippen LogP contribution in [0.4, 0.5) is 0 Å². The van der Waals surface area contributed by atoms with Crippen LogP contribution in [0.25, 0.3) is 0 Å². The molecule has 1 rings (SSSR count). The van der Waals surface area contributed by atoms with E-state index >= 15 is 0 Å². The number of allylic oxidation sites excluding steroid dienone is 1. The molecule has 5 nitrogen and oxygen atoms in total. The van der Waals surface area contributed by atoms with Crippen molar-refractivity contribution in [3.05, 3.63) is 12.3 Å². The van der Waals surface area contributed by atoms with Crippen LogP contribution >= 0.6 is 0 Å². The minimum Gasteiger partial charge on any atom is -0.480 e. The Morgan fingerprint density at radius 2 is 2.46 bits per heavy atom. The van der Waals surface area contributed by atoms with Crippen molar-refractivity contribution in [2.24, 2.45) is 5.73 Å². The highest BCUT2D eigenvalue weighted by Crippen LogP contribution is 2.07. The van der Waals surface area contributed by atoms with Crippen LogP contribution in [-0.4, -0.2) is 34.5 Å². The van der Waals surface area contributed by atoms with E-state index in [1.807, 2.05) is 0 Å². The van der Waals surface area contributed by atoms with Gasteiger partial charge in [0, 0.05) is 6.20 Å². The fourth-order valence-electron chi connectivity index (χ4n) is 1.16. The van der Waals surface area contributed by atoms with Crippen molar-refractivity contribution in [1.82, 2.24) is 4.90 Å². The van der Waals surface area contributed by atoms with E-state index in [2.05, 4.69) is 0 Å². The summed E-state index contributed by atoms with van der Waals surface area (Å²) >= 11 is 0. The quantitative estimate of drug-likeness (QED) is 0.608. The number of hydrogen-bond donors (Lipinski definition) is 2. The predicted molar refractivity (Wildman–Crippen MR) is 45.7 cm³/mol.